The van der Waals surface area contributed by atoms with Gasteiger partial charge in [0.1, 0.15) is 0 Å². The lowest BCUT2D eigenvalue weighted by molar-refractivity contribution is -0.117. The summed E-state index contributed by atoms with van der Waals surface area (Å²) in [6, 6.07) is 5.23. The topological polar surface area (TPSA) is 66.6 Å². The molecule has 1 aliphatic rings. The molecule has 0 saturated carbocycles. The van der Waals surface area contributed by atoms with Crippen LogP contribution in [-0.2, 0) is 11.2 Å². The van der Waals surface area contributed by atoms with Crippen molar-refractivity contribution in [3.05, 3.63) is 29.3 Å². The van der Waals surface area contributed by atoms with Gasteiger partial charge in [-0.15, -0.1) is 0 Å². The van der Waals surface area contributed by atoms with E-state index in [0.29, 0.717) is 6.42 Å². The molecule has 4 heteroatoms. The summed E-state index contributed by atoms with van der Waals surface area (Å²) < 4.78 is 0. The molecule has 1 heterocycles. The molecule has 1 aliphatic heterocycles. The summed E-state index contributed by atoms with van der Waals surface area (Å²) in [6.45, 7) is 3.37. The van der Waals surface area contributed by atoms with Gasteiger partial charge in [-0.3, -0.25) is 4.79 Å². The molecule has 0 radical (unpaired) electrons. The van der Waals surface area contributed by atoms with Gasteiger partial charge >= 0.3 is 0 Å². The molecule has 0 aliphatic carbocycles. The number of likely N-dealkylation sites (N-methyl/N-ethyl adjacent to an activating group) is 1. The highest BCUT2D eigenvalue weighted by Gasteiger charge is 2.28. The lowest BCUT2D eigenvalue weighted by Crippen LogP contribution is -2.35. The van der Waals surface area contributed by atoms with Crippen LogP contribution >= 0.6 is 0 Å². The van der Waals surface area contributed by atoms with Crippen molar-refractivity contribution in [2.45, 2.75) is 31.9 Å². The number of rotatable bonds is 2. The highest BCUT2D eigenvalue weighted by atomic mass is 16.3. The van der Waals surface area contributed by atoms with Gasteiger partial charge in [-0.25, -0.2) is 0 Å². The van der Waals surface area contributed by atoms with E-state index in [1.807, 2.05) is 18.2 Å². The van der Waals surface area contributed by atoms with Crippen LogP contribution in [0.15, 0.2) is 18.2 Å². The molecule has 3 N–H and O–H groups in total. The molecule has 17 heavy (non-hydrogen) atoms. The van der Waals surface area contributed by atoms with Crippen molar-refractivity contribution in [1.29, 1.82) is 0 Å². The first kappa shape index (κ1) is 12.1. The number of hydrogen-bond donors (Lipinski definition) is 2. The standard InChI is InChI=1S/C13H18N2O2/c1-13(2,17)12(14)8-4-5-10-9(6-8)7-11(16)15(10)3/h4-6,12,17H,7,14H2,1-3H3. The highest BCUT2D eigenvalue weighted by molar-refractivity contribution is 6.00. The van der Waals surface area contributed by atoms with Gasteiger partial charge in [0.2, 0.25) is 5.91 Å². The third kappa shape index (κ3) is 2.06. The molecule has 0 aromatic heterocycles. The Morgan fingerprint density at radius 2 is 2.12 bits per heavy atom. The number of nitrogens with two attached hydrogens (primary N) is 1. The zero-order valence-electron chi connectivity index (χ0n) is 10.4. The summed E-state index contributed by atoms with van der Waals surface area (Å²) in [6.07, 6.45) is 0.415. The number of hydrogen-bond acceptors (Lipinski definition) is 3. The summed E-state index contributed by atoms with van der Waals surface area (Å²) >= 11 is 0. The fraction of sp³-hybridized carbons (Fsp3) is 0.462. The van der Waals surface area contributed by atoms with E-state index in [-0.39, 0.29) is 5.91 Å². The Morgan fingerprint density at radius 3 is 2.71 bits per heavy atom. The average molecular weight is 234 g/mol. The predicted molar refractivity (Wildman–Crippen MR) is 66.8 cm³/mol. The van der Waals surface area contributed by atoms with Crippen molar-refractivity contribution in [2.75, 3.05) is 11.9 Å². The Kier molecular flexibility index (Phi) is 2.72. The number of anilines is 1. The van der Waals surface area contributed by atoms with Gasteiger partial charge in [-0.1, -0.05) is 12.1 Å². The van der Waals surface area contributed by atoms with Gasteiger partial charge in [0, 0.05) is 12.7 Å². The number of fused-ring (bicyclic) bond motifs is 1. The Bertz CT molecular complexity index is 463. The summed E-state index contributed by atoms with van der Waals surface area (Å²) in [5.41, 5.74) is 7.79. The van der Waals surface area contributed by atoms with Crippen LogP contribution in [0.25, 0.3) is 0 Å². The number of benzene rings is 1. The third-order valence-corrected chi connectivity index (χ3v) is 3.30. The third-order valence-electron chi connectivity index (χ3n) is 3.30. The second-order valence-corrected chi connectivity index (χ2v) is 5.15. The number of carbonyl (C=O) groups excluding carboxylic acids is 1. The number of carbonyl (C=O) groups is 1. The molecule has 1 atom stereocenters. The lowest BCUT2D eigenvalue weighted by Gasteiger charge is -2.26. The van der Waals surface area contributed by atoms with Gasteiger partial charge in [-0.05, 0) is 31.0 Å². The van der Waals surface area contributed by atoms with E-state index < -0.39 is 11.6 Å². The van der Waals surface area contributed by atoms with Crippen LogP contribution in [0.5, 0.6) is 0 Å². The van der Waals surface area contributed by atoms with Crippen molar-refractivity contribution in [3.63, 3.8) is 0 Å². The Labute approximate surface area is 101 Å². The van der Waals surface area contributed by atoms with Crippen LogP contribution in [-0.4, -0.2) is 23.7 Å². The highest BCUT2D eigenvalue weighted by Crippen LogP contribution is 2.32. The van der Waals surface area contributed by atoms with Crippen LogP contribution in [0.1, 0.15) is 31.0 Å². The van der Waals surface area contributed by atoms with Crippen LogP contribution in [0, 0.1) is 0 Å². The first-order valence-electron chi connectivity index (χ1n) is 5.68. The summed E-state index contributed by atoms with van der Waals surface area (Å²) in [5.74, 6) is 0.0916. The van der Waals surface area contributed by atoms with E-state index in [9.17, 15) is 9.90 Å². The molecule has 92 valence electrons. The van der Waals surface area contributed by atoms with E-state index >= 15 is 0 Å². The van der Waals surface area contributed by atoms with Crippen LogP contribution < -0.4 is 10.6 Å². The molecule has 0 fully saturated rings. The molecule has 1 unspecified atom stereocenters. The minimum Gasteiger partial charge on any atom is -0.388 e. The molecule has 1 aromatic carbocycles. The van der Waals surface area contributed by atoms with Gasteiger partial charge in [0.15, 0.2) is 0 Å². The largest absolute Gasteiger partial charge is 0.388 e. The van der Waals surface area contributed by atoms with Gasteiger partial charge < -0.3 is 15.7 Å². The summed E-state index contributed by atoms with van der Waals surface area (Å²) in [7, 11) is 1.77. The predicted octanol–water partition coefficient (Wildman–Crippen LogP) is 0.976. The zero-order chi connectivity index (χ0) is 12.8. The van der Waals surface area contributed by atoms with Crippen LogP contribution in [0.4, 0.5) is 5.69 Å². The molecule has 1 amide bonds. The SMILES string of the molecule is CN1C(=O)Cc2cc(C(N)C(C)(C)O)ccc21. The molecule has 4 nitrogen and oxygen atoms in total. The van der Waals surface area contributed by atoms with E-state index in [4.69, 9.17) is 5.73 Å². The first-order chi connectivity index (χ1) is 7.80. The second kappa shape index (κ2) is 3.82. The van der Waals surface area contributed by atoms with E-state index in [1.165, 1.54) is 0 Å². The molecule has 0 saturated heterocycles. The maximum absolute atomic E-state index is 11.6. The quantitative estimate of drug-likeness (QED) is 0.801. The Hall–Kier alpha value is -1.39. The number of amides is 1. The molecule has 0 bridgehead atoms. The van der Waals surface area contributed by atoms with E-state index in [2.05, 4.69) is 0 Å². The molecule has 0 spiro atoms. The monoisotopic (exact) mass is 234 g/mol. The maximum Gasteiger partial charge on any atom is 0.231 e. The molecular formula is C13H18N2O2. The van der Waals surface area contributed by atoms with Crippen molar-refractivity contribution in [1.82, 2.24) is 0 Å². The summed E-state index contributed by atoms with van der Waals surface area (Å²) in [5, 5.41) is 9.89. The smallest absolute Gasteiger partial charge is 0.231 e. The Balaban J connectivity index is 2.37. The summed E-state index contributed by atoms with van der Waals surface area (Å²) in [4.78, 5) is 13.2. The van der Waals surface area contributed by atoms with Crippen molar-refractivity contribution in [2.24, 2.45) is 5.73 Å². The van der Waals surface area contributed by atoms with E-state index in [0.717, 1.165) is 16.8 Å². The lowest BCUT2D eigenvalue weighted by atomic mass is 9.91. The van der Waals surface area contributed by atoms with Gasteiger partial charge in [0.05, 0.1) is 18.1 Å². The zero-order valence-corrected chi connectivity index (χ0v) is 10.4. The van der Waals surface area contributed by atoms with Gasteiger partial charge in [-0.2, -0.15) is 0 Å². The second-order valence-electron chi connectivity index (χ2n) is 5.15. The normalized spacial score (nSPS) is 17.2. The average Bonchev–Trinajstić information content (AvgIpc) is 2.52. The van der Waals surface area contributed by atoms with Crippen molar-refractivity contribution >= 4 is 11.6 Å². The molecular weight excluding hydrogens is 216 g/mol. The maximum atomic E-state index is 11.6. The minimum atomic E-state index is -0.969. The first-order valence-corrected chi connectivity index (χ1v) is 5.68. The molecule has 2 rings (SSSR count). The minimum absolute atomic E-state index is 0.0916. The van der Waals surface area contributed by atoms with Crippen LogP contribution in [0.3, 0.4) is 0 Å². The number of aliphatic hydroxyl groups is 1. The van der Waals surface area contributed by atoms with Gasteiger partial charge in [0.25, 0.3) is 0 Å². The van der Waals surface area contributed by atoms with Crippen molar-refractivity contribution in [3.8, 4) is 0 Å². The molecule has 1 aromatic rings. The fourth-order valence-electron chi connectivity index (χ4n) is 2.09. The van der Waals surface area contributed by atoms with Crippen molar-refractivity contribution < 1.29 is 9.90 Å². The van der Waals surface area contributed by atoms with Crippen LogP contribution in [0.2, 0.25) is 0 Å². The number of nitrogens with zero attached hydrogens (tertiary/aromatic N) is 1. The fourth-order valence-corrected chi connectivity index (χ4v) is 2.09. The Morgan fingerprint density at radius 1 is 1.47 bits per heavy atom. The van der Waals surface area contributed by atoms with E-state index in [1.54, 1.807) is 25.8 Å².